The highest BCUT2D eigenvalue weighted by Crippen LogP contribution is 2.36. The summed E-state index contributed by atoms with van der Waals surface area (Å²) in [6.45, 7) is 6.57. The van der Waals surface area contributed by atoms with Crippen LogP contribution in [0.3, 0.4) is 0 Å². The summed E-state index contributed by atoms with van der Waals surface area (Å²) >= 11 is 0. The van der Waals surface area contributed by atoms with Crippen LogP contribution in [0.25, 0.3) is 5.65 Å². The third-order valence-electron chi connectivity index (χ3n) is 5.11. The molecule has 0 bridgehead atoms. The van der Waals surface area contributed by atoms with Crippen LogP contribution in [-0.4, -0.2) is 59.2 Å². The Morgan fingerprint density at radius 1 is 1.28 bits per heavy atom. The van der Waals surface area contributed by atoms with E-state index in [-0.39, 0.29) is 17.8 Å². The highest BCUT2D eigenvalue weighted by molar-refractivity contribution is 6.08. The number of hydrogen-bond acceptors (Lipinski definition) is 7. The summed E-state index contributed by atoms with van der Waals surface area (Å²) < 4.78 is 17.9. The fourth-order valence-corrected chi connectivity index (χ4v) is 3.69. The van der Waals surface area contributed by atoms with Crippen LogP contribution in [0.15, 0.2) is 42.9 Å². The minimum atomic E-state index is -0.225. The normalized spacial score (nSPS) is 17.2. The van der Waals surface area contributed by atoms with E-state index >= 15 is 0 Å². The van der Waals surface area contributed by atoms with E-state index in [9.17, 15) is 4.79 Å². The maximum absolute atomic E-state index is 12.5. The van der Waals surface area contributed by atoms with E-state index in [1.165, 1.54) is 6.20 Å². The third-order valence-corrected chi connectivity index (χ3v) is 5.11. The number of likely N-dealkylation sites (N-methyl/N-ethyl adjacent to an activating group) is 1. The summed E-state index contributed by atoms with van der Waals surface area (Å²) in [6, 6.07) is 7.47. The Bertz CT molecular complexity index is 1070. The predicted octanol–water partition coefficient (Wildman–Crippen LogP) is 2.66. The smallest absolute Gasteiger partial charge is 0.261 e. The van der Waals surface area contributed by atoms with E-state index in [2.05, 4.69) is 34.6 Å². The second-order valence-electron chi connectivity index (χ2n) is 8.34. The standard InChI is InChI=1S/C17H16N4O2.C6H13NO2/c1-17(2)9-11-8-12(4-5-14(11)23-17)20-16(22)13-10-19-21-7-3-6-18-15(13)21;1-7-5-6-8-3-2-4-9-6/h3-8,10H,9H2,1-2H3,(H,20,22);6-7H,2-5H2,1H3. The monoisotopic (exact) mass is 439 g/mol. The van der Waals surface area contributed by atoms with Crippen LogP contribution in [0.5, 0.6) is 5.75 Å². The fourth-order valence-electron chi connectivity index (χ4n) is 3.69. The molecular weight excluding hydrogens is 410 g/mol. The zero-order valence-electron chi connectivity index (χ0n) is 18.6. The predicted molar refractivity (Wildman–Crippen MR) is 120 cm³/mol. The summed E-state index contributed by atoms with van der Waals surface area (Å²) in [5.41, 5.74) is 2.63. The van der Waals surface area contributed by atoms with Gasteiger partial charge >= 0.3 is 0 Å². The number of carbonyl (C=O) groups excluding carboxylic acids is 1. The number of nitrogens with zero attached hydrogens (tertiary/aromatic N) is 3. The van der Waals surface area contributed by atoms with Crippen molar-refractivity contribution in [3.05, 3.63) is 54.0 Å². The lowest BCUT2D eigenvalue weighted by molar-refractivity contribution is -0.174. The van der Waals surface area contributed by atoms with Gasteiger partial charge in [0.15, 0.2) is 11.9 Å². The molecule has 2 aromatic heterocycles. The number of amides is 1. The number of benzene rings is 1. The number of nitrogens with one attached hydrogen (secondary N) is 2. The Labute approximate surface area is 187 Å². The van der Waals surface area contributed by atoms with Gasteiger partial charge in [0, 0.05) is 36.6 Å². The van der Waals surface area contributed by atoms with Gasteiger partial charge in [-0.25, -0.2) is 9.50 Å². The van der Waals surface area contributed by atoms with E-state index in [1.54, 1.807) is 23.0 Å². The van der Waals surface area contributed by atoms with Crippen molar-refractivity contribution in [1.29, 1.82) is 0 Å². The number of hydrogen-bond donors (Lipinski definition) is 2. The van der Waals surface area contributed by atoms with E-state index in [0.717, 1.165) is 49.6 Å². The van der Waals surface area contributed by atoms with Crippen molar-refractivity contribution in [2.24, 2.45) is 0 Å². The highest BCUT2D eigenvalue weighted by Gasteiger charge is 2.30. The van der Waals surface area contributed by atoms with Crippen molar-refractivity contribution in [1.82, 2.24) is 19.9 Å². The number of fused-ring (bicyclic) bond motifs is 2. The molecule has 32 heavy (non-hydrogen) atoms. The van der Waals surface area contributed by atoms with Gasteiger partial charge in [-0.1, -0.05) is 0 Å². The number of rotatable bonds is 4. The molecule has 0 unspecified atom stereocenters. The first-order valence-corrected chi connectivity index (χ1v) is 10.7. The molecule has 0 spiro atoms. The van der Waals surface area contributed by atoms with E-state index in [1.807, 2.05) is 25.2 Å². The maximum atomic E-state index is 12.5. The Hall–Kier alpha value is -3.01. The lowest BCUT2D eigenvalue weighted by atomic mass is 10.0. The molecule has 0 atom stereocenters. The number of ether oxygens (including phenoxy) is 3. The first kappa shape index (κ1) is 22.2. The molecule has 0 saturated carbocycles. The van der Waals surface area contributed by atoms with Gasteiger partial charge in [-0.05, 0) is 51.6 Å². The Morgan fingerprint density at radius 3 is 2.88 bits per heavy atom. The molecule has 9 nitrogen and oxygen atoms in total. The van der Waals surface area contributed by atoms with E-state index in [4.69, 9.17) is 14.2 Å². The summed E-state index contributed by atoms with van der Waals surface area (Å²) in [4.78, 5) is 16.7. The first-order valence-electron chi connectivity index (χ1n) is 10.7. The molecular formula is C23H29N5O4. The van der Waals surface area contributed by atoms with Crippen molar-refractivity contribution in [3.8, 4) is 5.75 Å². The van der Waals surface area contributed by atoms with Crippen molar-refractivity contribution in [2.45, 2.75) is 38.6 Å². The van der Waals surface area contributed by atoms with Gasteiger partial charge in [0.1, 0.15) is 16.9 Å². The van der Waals surface area contributed by atoms with Crippen LogP contribution in [0.1, 0.15) is 36.2 Å². The molecule has 1 aromatic carbocycles. The molecule has 2 aliphatic rings. The van der Waals surface area contributed by atoms with Crippen molar-refractivity contribution < 1.29 is 19.0 Å². The first-order chi connectivity index (χ1) is 15.4. The summed E-state index contributed by atoms with van der Waals surface area (Å²) in [5.74, 6) is 0.655. The summed E-state index contributed by atoms with van der Waals surface area (Å²) in [5, 5.41) is 10.0. The molecule has 2 N–H and O–H groups in total. The zero-order valence-corrected chi connectivity index (χ0v) is 18.6. The van der Waals surface area contributed by atoms with Crippen LogP contribution in [0.2, 0.25) is 0 Å². The Balaban J connectivity index is 0.000000230. The Kier molecular flexibility index (Phi) is 6.69. The Morgan fingerprint density at radius 2 is 2.09 bits per heavy atom. The largest absolute Gasteiger partial charge is 0.487 e. The summed E-state index contributed by atoms with van der Waals surface area (Å²) in [7, 11) is 1.89. The number of aromatic nitrogens is 3. The quantitative estimate of drug-likeness (QED) is 0.645. The lowest BCUT2D eigenvalue weighted by Crippen LogP contribution is -2.33. The second kappa shape index (κ2) is 9.64. The molecule has 1 amide bonds. The number of carbonyl (C=O) groups is 1. The van der Waals surface area contributed by atoms with Crippen LogP contribution in [-0.2, 0) is 15.9 Å². The maximum Gasteiger partial charge on any atom is 0.261 e. The highest BCUT2D eigenvalue weighted by atomic mass is 16.7. The molecule has 0 aliphatic carbocycles. The second-order valence-corrected chi connectivity index (χ2v) is 8.34. The molecule has 4 heterocycles. The molecule has 1 fully saturated rings. The van der Waals surface area contributed by atoms with Gasteiger partial charge in [0.2, 0.25) is 0 Å². The molecule has 0 radical (unpaired) electrons. The topological polar surface area (TPSA) is 99.0 Å². The van der Waals surface area contributed by atoms with Gasteiger partial charge in [-0.3, -0.25) is 4.79 Å². The van der Waals surface area contributed by atoms with Crippen LogP contribution in [0.4, 0.5) is 5.69 Å². The summed E-state index contributed by atoms with van der Waals surface area (Å²) in [6.07, 6.45) is 6.77. The minimum absolute atomic E-state index is 0.0104. The van der Waals surface area contributed by atoms with Gasteiger partial charge < -0.3 is 24.8 Å². The molecule has 9 heteroatoms. The SMILES string of the molecule is CC1(C)Cc2cc(NC(=O)c3cnn4cccnc34)ccc2O1.CNCC1OCCCO1. The molecule has 170 valence electrons. The van der Waals surface area contributed by atoms with Gasteiger partial charge in [0.05, 0.1) is 19.4 Å². The number of anilines is 1. The van der Waals surface area contributed by atoms with Crippen LogP contribution in [0, 0.1) is 0 Å². The van der Waals surface area contributed by atoms with Crippen molar-refractivity contribution in [2.75, 3.05) is 32.1 Å². The minimum Gasteiger partial charge on any atom is -0.487 e. The van der Waals surface area contributed by atoms with Gasteiger partial charge in [0.25, 0.3) is 5.91 Å². The van der Waals surface area contributed by atoms with Gasteiger partial charge in [-0.15, -0.1) is 0 Å². The molecule has 2 aliphatic heterocycles. The third kappa shape index (κ3) is 5.24. The van der Waals surface area contributed by atoms with Crippen LogP contribution < -0.4 is 15.4 Å². The molecule has 1 saturated heterocycles. The lowest BCUT2D eigenvalue weighted by Gasteiger charge is -2.22. The zero-order chi connectivity index (χ0) is 22.6. The average molecular weight is 440 g/mol. The molecule has 5 rings (SSSR count). The van der Waals surface area contributed by atoms with Crippen molar-refractivity contribution >= 4 is 17.2 Å². The van der Waals surface area contributed by atoms with E-state index < -0.39 is 0 Å². The van der Waals surface area contributed by atoms with Gasteiger partial charge in [-0.2, -0.15) is 5.10 Å². The van der Waals surface area contributed by atoms with Crippen LogP contribution >= 0.6 is 0 Å². The fraction of sp³-hybridized carbons (Fsp3) is 0.435. The van der Waals surface area contributed by atoms with E-state index in [0.29, 0.717) is 11.2 Å². The molecule has 3 aromatic rings. The average Bonchev–Trinajstić information content (AvgIpc) is 3.34. The van der Waals surface area contributed by atoms with Crippen molar-refractivity contribution in [3.63, 3.8) is 0 Å².